The van der Waals surface area contributed by atoms with Crippen molar-refractivity contribution in [3.05, 3.63) is 58.7 Å². The van der Waals surface area contributed by atoms with Crippen LogP contribution in [-0.4, -0.2) is 44.3 Å². The van der Waals surface area contributed by atoms with Gasteiger partial charge in [0.15, 0.2) is 29.3 Å². The fourth-order valence-electron chi connectivity index (χ4n) is 3.79. The fourth-order valence-corrected chi connectivity index (χ4v) is 4.85. The zero-order valence-corrected chi connectivity index (χ0v) is 25.6. The van der Waals surface area contributed by atoms with E-state index >= 15 is 0 Å². The summed E-state index contributed by atoms with van der Waals surface area (Å²) in [6, 6.07) is 6.14. The summed E-state index contributed by atoms with van der Waals surface area (Å²) in [4.78, 5) is 52.7. The zero-order valence-electron chi connectivity index (χ0n) is 24.8. The summed E-state index contributed by atoms with van der Waals surface area (Å²) in [5.41, 5.74) is -2.33. The van der Waals surface area contributed by atoms with Gasteiger partial charge in [-0.25, -0.2) is 32.7 Å². The number of thiophene rings is 1. The average molecular weight is 635 g/mol. The van der Waals surface area contributed by atoms with E-state index in [2.05, 4.69) is 15.0 Å². The molecule has 4 heterocycles. The van der Waals surface area contributed by atoms with Gasteiger partial charge in [-0.2, -0.15) is 4.90 Å². The molecular weight excluding hydrogens is 605 g/mol. The number of fused-ring (bicyclic) bond motifs is 1. The van der Waals surface area contributed by atoms with Crippen molar-refractivity contribution >= 4 is 45.5 Å². The number of hydrogen-bond acceptors (Lipinski definition) is 11. The normalized spacial score (nSPS) is 12.7. The van der Waals surface area contributed by atoms with Crippen LogP contribution in [-0.2, 0) is 19.0 Å². The largest absolute Gasteiger partial charge is 0.452 e. The molecule has 0 aliphatic rings. The number of halogens is 3. The molecule has 0 N–H and O–H groups in total. The van der Waals surface area contributed by atoms with E-state index in [1.165, 1.54) is 24.4 Å². The second-order valence-electron chi connectivity index (χ2n) is 11.4. The number of pyridine rings is 1. The first-order valence-corrected chi connectivity index (χ1v) is 14.0. The fraction of sp³-hybridized carbons (Fsp3) is 0.379. The number of esters is 1. The van der Waals surface area contributed by atoms with E-state index in [1.807, 2.05) is 0 Å². The lowest BCUT2D eigenvalue weighted by molar-refractivity contribution is -0.144. The maximum absolute atomic E-state index is 14.8. The van der Waals surface area contributed by atoms with Gasteiger partial charge in [0.25, 0.3) is 6.43 Å². The predicted octanol–water partition coefficient (Wildman–Crippen LogP) is 7.75. The molecule has 0 bridgehead atoms. The molecule has 0 fully saturated rings. The molecule has 0 aromatic carbocycles. The minimum atomic E-state index is -2.93. The smallest absolute Gasteiger partial charge is 0.425 e. The Morgan fingerprint density at radius 2 is 1.61 bits per heavy atom. The Bertz CT molecular complexity index is 1680. The first-order valence-electron chi connectivity index (χ1n) is 13.2. The number of amides is 2. The Labute approximate surface area is 254 Å². The molecule has 0 aliphatic heterocycles. The molecule has 15 heteroatoms. The van der Waals surface area contributed by atoms with Gasteiger partial charge in [0, 0.05) is 13.1 Å². The molecule has 1 unspecified atom stereocenters. The van der Waals surface area contributed by atoms with Crippen molar-refractivity contribution in [2.24, 2.45) is 0 Å². The van der Waals surface area contributed by atoms with E-state index in [9.17, 15) is 27.6 Å². The minimum Gasteiger partial charge on any atom is -0.452 e. The van der Waals surface area contributed by atoms with Gasteiger partial charge < -0.3 is 18.6 Å². The van der Waals surface area contributed by atoms with Crippen LogP contribution in [0.1, 0.15) is 77.3 Å². The van der Waals surface area contributed by atoms with Gasteiger partial charge in [-0.1, -0.05) is 0 Å². The monoisotopic (exact) mass is 634 g/mol. The van der Waals surface area contributed by atoms with Crippen molar-refractivity contribution in [3.63, 3.8) is 0 Å². The van der Waals surface area contributed by atoms with Crippen LogP contribution >= 0.6 is 11.3 Å². The summed E-state index contributed by atoms with van der Waals surface area (Å²) in [5, 5.41) is 0.0691. The highest BCUT2D eigenvalue weighted by Crippen LogP contribution is 2.40. The molecule has 11 nitrogen and oxygen atoms in total. The van der Waals surface area contributed by atoms with E-state index < -0.39 is 53.5 Å². The quantitative estimate of drug-likeness (QED) is 0.153. The predicted molar refractivity (Wildman–Crippen MR) is 153 cm³/mol. The number of alkyl halides is 2. The van der Waals surface area contributed by atoms with Crippen LogP contribution in [0.3, 0.4) is 0 Å². The van der Waals surface area contributed by atoms with Gasteiger partial charge in [-0.3, -0.25) is 9.78 Å². The lowest BCUT2D eigenvalue weighted by Gasteiger charge is -2.28. The Morgan fingerprint density at radius 1 is 0.977 bits per heavy atom. The number of hydrogen-bond donors (Lipinski definition) is 0. The number of carbonyl (C=O) groups is 3. The number of furan rings is 1. The van der Waals surface area contributed by atoms with Crippen molar-refractivity contribution in [1.82, 2.24) is 15.0 Å². The molecule has 0 spiro atoms. The van der Waals surface area contributed by atoms with E-state index in [0.717, 1.165) is 30.4 Å². The first-order chi connectivity index (χ1) is 20.4. The van der Waals surface area contributed by atoms with E-state index in [4.69, 9.17) is 18.6 Å². The molecule has 0 radical (unpaired) electrons. The first kappa shape index (κ1) is 32.4. The van der Waals surface area contributed by atoms with Crippen molar-refractivity contribution in [2.45, 2.75) is 72.2 Å². The maximum atomic E-state index is 14.8. The van der Waals surface area contributed by atoms with Crippen molar-refractivity contribution < 1.29 is 46.2 Å². The Morgan fingerprint density at radius 3 is 2.14 bits per heavy atom. The topological polar surface area (TPSA) is 134 Å². The van der Waals surface area contributed by atoms with Crippen molar-refractivity contribution in [2.75, 3.05) is 4.90 Å². The summed E-state index contributed by atoms with van der Waals surface area (Å²) in [5.74, 6) is -2.98. The second kappa shape index (κ2) is 12.2. The number of aromatic nitrogens is 3. The number of carbonyl (C=O) groups excluding carboxylic acids is 3. The minimum absolute atomic E-state index is 0.0691. The van der Waals surface area contributed by atoms with Crippen molar-refractivity contribution in [1.29, 1.82) is 0 Å². The Balaban J connectivity index is 2.01. The molecule has 4 rings (SSSR count). The van der Waals surface area contributed by atoms with Crippen LogP contribution in [0, 0.1) is 5.82 Å². The van der Waals surface area contributed by atoms with Gasteiger partial charge in [-0.15, -0.1) is 11.3 Å². The van der Waals surface area contributed by atoms with E-state index in [-0.39, 0.29) is 38.2 Å². The third-order valence-corrected chi connectivity index (χ3v) is 6.47. The molecule has 1 atom stereocenters. The van der Waals surface area contributed by atoms with Crippen LogP contribution in [0.25, 0.3) is 21.8 Å². The summed E-state index contributed by atoms with van der Waals surface area (Å²) < 4.78 is 63.1. The number of nitrogens with zero attached hydrogens (tertiary/aromatic N) is 4. The standard InChI is InChI=1S/C29H29F3N4O7S/c1-14(37)40-21(20-16(30)9-8-12-33-20)19-13-15-24(36(26(38)42-28(2,3)4)27(39)43-29(5,6)7)34-23(35-25(15)44-19)18-11-10-17(41-18)22(31)32/h8-13,21-22H,1-7H3. The van der Waals surface area contributed by atoms with Gasteiger partial charge in [-0.05, 0) is 71.9 Å². The SMILES string of the molecule is CC(=O)OC(c1cc2c(N(C(=O)OC(C)(C)C)C(=O)OC(C)(C)C)nc(-c3ccc(C(F)F)o3)nc2s1)c1ncccc1F. The van der Waals surface area contributed by atoms with Crippen LogP contribution in [0.5, 0.6) is 0 Å². The molecule has 0 aliphatic carbocycles. The third-order valence-electron chi connectivity index (χ3n) is 5.40. The second-order valence-corrected chi connectivity index (χ2v) is 12.5. The molecule has 4 aromatic heterocycles. The molecule has 4 aromatic rings. The summed E-state index contributed by atoms with van der Waals surface area (Å²) >= 11 is 0.898. The van der Waals surface area contributed by atoms with E-state index in [1.54, 1.807) is 41.5 Å². The molecule has 2 amide bonds. The average Bonchev–Trinajstić information content (AvgIpc) is 3.53. The lowest BCUT2D eigenvalue weighted by Crippen LogP contribution is -2.44. The van der Waals surface area contributed by atoms with Gasteiger partial charge in [0.2, 0.25) is 0 Å². The highest BCUT2D eigenvalue weighted by molar-refractivity contribution is 7.18. The highest BCUT2D eigenvalue weighted by Gasteiger charge is 2.37. The summed E-state index contributed by atoms with van der Waals surface area (Å²) in [7, 11) is 0. The molecular formula is C29H29F3N4O7S. The summed E-state index contributed by atoms with van der Waals surface area (Å²) in [6.07, 6.45) is -5.29. The Hall–Kier alpha value is -4.53. The molecule has 44 heavy (non-hydrogen) atoms. The number of anilines is 1. The maximum Gasteiger partial charge on any atom is 0.425 e. The molecule has 0 saturated carbocycles. The lowest BCUT2D eigenvalue weighted by atomic mass is 10.1. The highest BCUT2D eigenvalue weighted by atomic mass is 32.1. The van der Waals surface area contributed by atoms with Gasteiger partial charge >= 0.3 is 18.2 Å². The van der Waals surface area contributed by atoms with Crippen LogP contribution < -0.4 is 4.90 Å². The van der Waals surface area contributed by atoms with Gasteiger partial charge in [0.05, 0.1) is 10.3 Å². The van der Waals surface area contributed by atoms with Crippen LogP contribution in [0.4, 0.5) is 28.6 Å². The number of ether oxygens (including phenoxy) is 3. The van der Waals surface area contributed by atoms with E-state index in [0.29, 0.717) is 4.90 Å². The Kier molecular flexibility index (Phi) is 9.00. The molecule has 0 saturated heterocycles. The van der Waals surface area contributed by atoms with Crippen LogP contribution in [0.15, 0.2) is 40.9 Å². The van der Waals surface area contributed by atoms with Crippen LogP contribution in [0.2, 0.25) is 0 Å². The summed E-state index contributed by atoms with van der Waals surface area (Å²) in [6.45, 7) is 10.6. The zero-order chi connectivity index (χ0) is 32.6. The number of rotatable bonds is 6. The van der Waals surface area contributed by atoms with Gasteiger partial charge in [0.1, 0.15) is 27.5 Å². The third kappa shape index (κ3) is 7.51. The van der Waals surface area contributed by atoms with Crippen molar-refractivity contribution in [3.8, 4) is 11.6 Å². The molecule has 234 valence electrons. The number of imide groups is 1.